The Kier molecular flexibility index (Phi) is 5.39. The van der Waals surface area contributed by atoms with Crippen LogP contribution in [0.2, 0.25) is 0 Å². The Bertz CT molecular complexity index is 676. The van der Waals surface area contributed by atoms with Crippen LogP contribution in [0.15, 0.2) is 80.9 Å². The average Bonchev–Trinajstić information content (AvgIpc) is 2.52. The Labute approximate surface area is 155 Å². The molecule has 1 aliphatic rings. The topological polar surface area (TPSA) is 3.24 Å². The lowest BCUT2D eigenvalue weighted by Gasteiger charge is -2.28. The molecule has 0 aliphatic heterocycles. The third-order valence-electron chi connectivity index (χ3n) is 4.07. The summed E-state index contributed by atoms with van der Waals surface area (Å²) in [5, 5.41) is 0. The molecule has 0 spiro atoms. The van der Waals surface area contributed by atoms with Crippen molar-refractivity contribution in [3.63, 3.8) is 0 Å². The van der Waals surface area contributed by atoms with Gasteiger partial charge in [0.1, 0.15) is 0 Å². The normalized spacial score (nSPS) is 14.4. The monoisotopic (exact) mass is 431 g/mol. The van der Waals surface area contributed by atoms with Gasteiger partial charge in [-0.25, -0.2) is 0 Å². The average molecular weight is 433 g/mol. The van der Waals surface area contributed by atoms with Crippen molar-refractivity contribution < 1.29 is 0 Å². The van der Waals surface area contributed by atoms with E-state index in [9.17, 15) is 0 Å². The highest BCUT2D eigenvalue weighted by atomic mass is 79.9. The Morgan fingerprint density at radius 1 is 0.870 bits per heavy atom. The predicted octanol–water partition coefficient (Wildman–Crippen LogP) is 7.36. The first kappa shape index (κ1) is 16.5. The zero-order valence-electron chi connectivity index (χ0n) is 13.1. The Morgan fingerprint density at radius 3 is 1.70 bits per heavy atom. The molecule has 3 rings (SSSR count). The van der Waals surface area contributed by atoms with Crippen LogP contribution in [0.25, 0.3) is 0 Å². The fraction of sp³-hybridized carbons (Fsp3) is 0.200. The van der Waals surface area contributed by atoms with Gasteiger partial charge in [-0.2, -0.15) is 0 Å². The number of anilines is 2. The summed E-state index contributed by atoms with van der Waals surface area (Å²) in [7, 11) is 0. The number of nitrogens with zero attached hydrogens (tertiary/aromatic N) is 1. The number of halogens is 2. The van der Waals surface area contributed by atoms with Gasteiger partial charge in [-0.05, 0) is 80.8 Å². The molecule has 1 saturated carbocycles. The maximum atomic E-state index is 3.52. The van der Waals surface area contributed by atoms with Crippen LogP contribution in [-0.4, -0.2) is 0 Å². The van der Waals surface area contributed by atoms with Crippen LogP contribution in [0, 0.1) is 0 Å². The van der Waals surface area contributed by atoms with E-state index in [2.05, 4.69) is 104 Å². The van der Waals surface area contributed by atoms with Crippen LogP contribution < -0.4 is 4.90 Å². The van der Waals surface area contributed by atoms with E-state index in [4.69, 9.17) is 0 Å². The van der Waals surface area contributed by atoms with Crippen molar-refractivity contribution in [1.82, 2.24) is 0 Å². The second-order valence-electron chi connectivity index (χ2n) is 5.66. The quantitative estimate of drug-likeness (QED) is 0.487. The molecule has 0 aromatic heterocycles. The highest BCUT2D eigenvalue weighted by Crippen LogP contribution is 2.34. The summed E-state index contributed by atoms with van der Waals surface area (Å²) in [6.07, 6.45) is 8.31. The lowest BCUT2D eigenvalue weighted by Crippen LogP contribution is -2.16. The highest BCUT2D eigenvalue weighted by molar-refractivity contribution is 9.10. The molecule has 0 radical (unpaired) electrons. The van der Waals surface area contributed by atoms with Gasteiger partial charge in [-0.15, -0.1) is 0 Å². The number of allylic oxidation sites excluding steroid dienone is 3. The molecule has 2 aromatic rings. The summed E-state index contributed by atoms with van der Waals surface area (Å²) in [5.41, 5.74) is 5.10. The van der Waals surface area contributed by atoms with Gasteiger partial charge in [0.25, 0.3) is 0 Å². The van der Waals surface area contributed by atoms with E-state index in [1.807, 2.05) is 0 Å². The van der Waals surface area contributed by atoms with E-state index in [-0.39, 0.29) is 0 Å². The van der Waals surface area contributed by atoms with Crippen LogP contribution in [-0.2, 0) is 0 Å². The molecule has 0 saturated heterocycles. The van der Waals surface area contributed by atoms with Crippen LogP contribution in [0.5, 0.6) is 0 Å². The molecule has 118 valence electrons. The first-order valence-electron chi connectivity index (χ1n) is 7.84. The minimum atomic E-state index is 1.09. The maximum Gasteiger partial charge on any atom is 0.0462 e. The van der Waals surface area contributed by atoms with E-state index in [1.165, 1.54) is 41.9 Å². The smallest absolute Gasteiger partial charge is 0.0462 e. The Morgan fingerprint density at radius 2 is 1.35 bits per heavy atom. The molecule has 0 unspecified atom stereocenters. The van der Waals surface area contributed by atoms with Crippen molar-refractivity contribution >= 4 is 43.2 Å². The predicted molar refractivity (Wildman–Crippen MR) is 106 cm³/mol. The maximum absolute atomic E-state index is 3.52. The van der Waals surface area contributed by atoms with Crippen molar-refractivity contribution in [3.8, 4) is 0 Å². The zero-order valence-corrected chi connectivity index (χ0v) is 16.3. The van der Waals surface area contributed by atoms with Crippen LogP contribution in [0.3, 0.4) is 0 Å². The minimum Gasteiger partial charge on any atom is -0.311 e. The van der Waals surface area contributed by atoms with Gasteiger partial charge >= 0.3 is 0 Å². The molecule has 1 fully saturated rings. The molecule has 0 atom stereocenters. The van der Waals surface area contributed by atoms with Gasteiger partial charge in [-0.3, -0.25) is 0 Å². The lowest BCUT2D eigenvalue weighted by atomic mass is 9.91. The van der Waals surface area contributed by atoms with Crippen LogP contribution >= 0.6 is 31.9 Å². The number of hydrogen-bond donors (Lipinski definition) is 0. The van der Waals surface area contributed by atoms with E-state index in [0.29, 0.717) is 0 Å². The lowest BCUT2D eigenvalue weighted by molar-refractivity contribution is 0.661. The third-order valence-corrected chi connectivity index (χ3v) is 5.13. The fourth-order valence-electron chi connectivity index (χ4n) is 2.64. The van der Waals surface area contributed by atoms with Crippen LogP contribution in [0.4, 0.5) is 11.4 Å². The van der Waals surface area contributed by atoms with E-state index in [0.717, 1.165) is 8.95 Å². The first-order valence-corrected chi connectivity index (χ1v) is 9.43. The Hall–Kier alpha value is -1.32. The molecule has 3 heteroatoms. The largest absolute Gasteiger partial charge is 0.311 e. The molecule has 0 N–H and O–H groups in total. The van der Waals surface area contributed by atoms with E-state index in [1.54, 1.807) is 0 Å². The molecule has 0 heterocycles. The molecule has 0 bridgehead atoms. The first-order chi connectivity index (χ1) is 11.2. The summed E-state index contributed by atoms with van der Waals surface area (Å²) < 4.78 is 2.19. The van der Waals surface area contributed by atoms with Crippen molar-refractivity contribution in [3.05, 3.63) is 80.9 Å². The summed E-state index contributed by atoms with van der Waals surface area (Å²) in [4.78, 5) is 2.31. The van der Waals surface area contributed by atoms with Crippen molar-refractivity contribution in [2.24, 2.45) is 0 Å². The van der Waals surface area contributed by atoms with Gasteiger partial charge in [-0.1, -0.05) is 43.5 Å². The second-order valence-corrected chi connectivity index (χ2v) is 7.49. The van der Waals surface area contributed by atoms with Crippen molar-refractivity contribution in [2.75, 3.05) is 4.90 Å². The molecular formula is C20H19Br2N. The SMILES string of the molecule is CC=C(C=C1CCC1)N(c1ccc(Br)cc1)c1ccc(Br)cc1. The third kappa shape index (κ3) is 3.96. The number of rotatable bonds is 4. The summed E-state index contributed by atoms with van der Waals surface area (Å²) in [6.45, 7) is 2.11. The zero-order chi connectivity index (χ0) is 16.2. The standard InChI is InChI=1S/C20H19Br2N/c1-2-18(14-15-4-3-5-15)23(19-10-6-16(21)7-11-19)20-12-8-17(22)9-13-20/h2,6-14H,3-5H2,1H3. The van der Waals surface area contributed by atoms with Gasteiger partial charge in [0.2, 0.25) is 0 Å². The highest BCUT2D eigenvalue weighted by Gasteiger charge is 2.15. The van der Waals surface area contributed by atoms with Gasteiger partial charge < -0.3 is 4.90 Å². The van der Waals surface area contributed by atoms with Gasteiger partial charge in [0, 0.05) is 26.0 Å². The minimum absolute atomic E-state index is 1.09. The van der Waals surface area contributed by atoms with E-state index >= 15 is 0 Å². The number of hydrogen-bond acceptors (Lipinski definition) is 1. The molecule has 23 heavy (non-hydrogen) atoms. The van der Waals surface area contributed by atoms with Crippen molar-refractivity contribution in [2.45, 2.75) is 26.2 Å². The summed E-state index contributed by atoms with van der Waals surface area (Å²) in [5.74, 6) is 0. The van der Waals surface area contributed by atoms with Gasteiger partial charge in [0.15, 0.2) is 0 Å². The summed E-state index contributed by atoms with van der Waals surface area (Å²) in [6, 6.07) is 16.9. The van der Waals surface area contributed by atoms with E-state index < -0.39 is 0 Å². The van der Waals surface area contributed by atoms with Crippen LogP contribution in [0.1, 0.15) is 26.2 Å². The molecular weight excluding hydrogens is 414 g/mol. The molecule has 1 aliphatic carbocycles. The Balaban J connectivity index is 2.05. The second kappa shape index (κ2) is 7.50. The van der Waals surface area contributed by atoms with Gasteiger partial charge in [0.05, 0.1) is 0 Å². The number of benzene rings is 2. The molecule has 0 amide bonds. The molecule has 2 aromatic carbocycles. The van der Waals surface area contributed by atoms with Crippen molar-refractivity contribution in [1.29, 1.82) is 0 Å². The fourth-order valence-corrected chi connectivity index (χ4v) is 3.17. The summed E-state index contributed by atoms with van der Waals surface area (Å²) >= 11 is 7.05. The molecule has 1 nitrogen and oxygen atoms in total.